The molecule has 1 unspecified atom stereocenters. The van der Waals surface area contributed by atoms with E-state index in [0.29, 0.717) is 5.56 Å². The first-order valence-electron chi connectivity index (χ1n) is 10.7. The lowest BCUT2D eigenvalue weighted by atomic mass is 9.72. The second-order valence-corrected chi connectivity index (χ2v) is 9.00. The van der Waals surface area contributed by atoms with Crippen LogP contribution in [-0.4, -0.2) is 66.8 Å². The van der Waals surface area contributed by atoms with Crippen LogP contribution < -0.4 is 0 Å². The molecule has 0 fully saturated rings. The van der Waals surface area contributed by atoms with Gasteiger partial charge in [0.25, 0.3) is 0 Å². The Labute approximate surface area is 190 Å². The molecule has 32 heavy (non-hydrogen) atoms. The van der Waals surface area contributed by atoms with E-state index in [1.807, 2.05) is 64.1 Å². The van der Waals surface area contributed by atoms with Crippen LogP contribution in [0.25, 0.3) is 0 Å². The minimum absolute atomic E-state index is 0.0672. The first kappa shape index (κ1) is 26.2. The number of hydrogen-bond donors (Lipinski definition) is 6. The fourth-order valence-electron chi connectivity index (χ4n) is 4.10. The van der Waals surface area contributed by atoms with Gasteiger partial charge in [0.05, 0.1) is 6.61 Å². The van der Waals surface area contributed by atoms with E-state index in [1.165, 1.54) is 0 Å². The topological polar surface area (TPSA) is 121 Å². The number of benzene rings is 2. The lowest BCUT2D eigenvalue weighted by Crippen LogP contribution is -2.66. The summed E-state index contributed by atoms with van der Waals surface area (Å²) in [6, 6.07) is 11.3. The first-order valence-corrected chi connectivity index (χ1v) is 10.7. The third-order valence-corrected chi connectivity index (χ3v) is 6.32. The van der Waals surface area contributed by atoms with Crippen LogP contribution in [-0.2, 0) is 12.8 Å². The van der Waals surface area contributed by atoms with Gasteiger partial charge in [-0.2, -0.15) is 0 Å². The molecule has 5 atom stereocenters. The minimum atomic E-state index is -2.39. The van der Waals surface area contributed by atoms with E-state index in [-0.39, 0.29) is 12.8 Å². The SMILES string of the molecule is C=CC(O)(Cc1cc(C)ccc1C)[C@@H](O)[C@@](O)(Cc1cc(C)ccc1C)[C@H](O)[C@@H](O)CO. The number of aliphatic hydroxyl groups excluding tert-OH is 4. The standard InChI is InChI=1S/C26H36O6/c1-6-25(31,13-20-11-16(2)7-9-18(20)4)24(30)26(32,23(29)22(28)15-27)14-21-12-17(3)8-10-19(21)5/h6-12,22-24,27-32H,1,13-15H2,2-5H3/t22-,23+,24+,25?,26+/m0/s1. The summed E-state index contributed by atoms with van der Waals surface area (Å²) in [4.78, 5) is 0. The molecular formula is C26H36O6. The van der Waals surface area contributed by atoms with Crippen molar-refractivity contribution in [2.75, 3.05) is 6.61 Å². The van der Waals surface area contributed by atoms with Crippen LogP contribution in [0, 0.1) is 27.7 Å². The maximum absolute atomic E-state index is 11.6. The summed E-state index contributed by atoms with van der Waals surface area (Å²) in [7, 11) is 0. The van der Waals surface area contributed by atoms with Crippen LogP contribution in [0.4, 0.5) is 0 Å². The number of hydrogen-bond acceptors (Lipinski definition) is 6. The Bertz CT molecular complexity index is 942. The first-order chi connectivity index (χ1) is 14.9. The summed E-state index contributed by atoms with van der Waals surface area (Å²) in [5.74, 6) is 0. The molecule has 2 rings (SSSR count). The molecule has 6 N–H and O–H groups in total. The number of rotatable bonds is 10. The van der Waals surface area contributed by atoms with Crippen LogP contribution in [0.5, 0.6) is 0 Å². The molecule has 0 aliphatic carbocycles. The highest BCUT2D eigenvalue weighted by Gasteiger charge is 2.53. The summed E-state index contributed by atoms with van der Waals surface area (Å²) in [6.07, 6.45) is -4.78. The Balaban J connectivity index is 2.55. The van der Waals surface area contributed by atoms with Gasteiger partial charge in [0, 0.05) is 12.8 Å². The fraction of sp³-hybridized carbons (Fsp3) is 0.462. The van der Waals surface area contributed by atoms with Crippen molar-refractivity contribution < 1.29 is 30.6 Å². The average molecular weight is 445 g/mol. The van der Waals surface area contributed by atoms with Crippen molar-refractivity contribution in [3.8, 4) is 0 Å². The van der Waals surface area contributed by atoms with E-state index in [2.05, 4.69) is 6.58 Å². The molecule has 2 aromatic rings. The average Bonchev–Trinajstić information content (AvgIpc) is 2.76. The summed E-state index contributed by atoms with van der Waals surface area (Å²) >= 11 is 0. The highest BCUT2D eigenvalue weighted by molar-refractivity contribution is 5.35. The lowest BCUT2D eigenvalue weighted by Gasteiger charge is -2.45. The molecular weight excluding hydrogens is 408 g/mol. The van der Waals surface area contributed by atoms with E-state index in [4.69, 9.17) is 0 Å². The van der Waals surface area contributed by atoms with E-state index < -0.39 is 36.1 Å². The van der Waals surface area contributed by atoms with Crippen LogP contribution in [0.15, 0.2) is 49.1 Å². The second kappa shape index (κ2) is 10.3. The molecule has 0 heterocycles. The Morgan fingerprint density at radius 2 is 1.31 bits per heavy atom. The van der Waals surface area contributed by atoms with Crippen LogP contribution in [0.1, 0.15) is 33.4 Å². The maximum atomic E-state index is 11.6. The Morgan fingerprint density at radius 3 is 1.75 bits per heavy atom. The predicted octanol–water partition coefficient (Wildman–Crippen LogP) is 1.43. The van der Waals surface area contributed by atoms with Gasteiger partial charge in [-0.15, -0.1) is 6.58 Å². The van der Waals surface area contributed by atoms with Crippen molar-refractivity contribution in [1.29, 1.82) is 0 Å². The van der Waals surface area contributed by atoms with Gasteiger partial charge in [0.1, 0.15) is 29.5 Å². The molecule has 0 saturated heterocycles. The molecule has 0 aromatic heterocycles. The van der Waals surface area contributed by atoms with Crippen LogP contribution in [0.3, 0.4) is 0 Å². The molecule has 0 spiro atoms. The molecule has 0 bridgehead atoms. The van der Waals surface area contributed by atoms with Crippen molar-refractivity contribution in [1.82, 2.24) is 0 Å². The largest absolute Gasteiger partial charge is 0.394 e. The van der Waals surface area contributed by atoms with Gasteiger partial charge < -0.3 is 30.6 Å². The number of aryl methyl sites for hydroxylation is 4. The Hall–Kier alpha value is -2.06. The zero-order chi connectivity index (χ0) is 24.3. The normalized spacial score (nSPS) is 18.3. The van der Waals surface area contributed by atoms with Gasteiger partial charge in [-0.3, -0.25) is 0 Å². The summed E-state index contributed by atoms with van der Waals surface area (Å²) in [5, 5.41) is 64.7. The number of aliphatic hydroxyl groups is 6. The van der Waals surface area contributed by atoms with Gasteiger partial charge >= 0.3 is 0 Å². The monoisotopic (exact) mass is 444 g/mol. The molecule has 0 amide bonds. The smallest absolute Gasteiger partial charge is 0.126 e. The molecule has 6 heteroatoms. The van der Waals surface area contributed by atoms with E-state index in [9.17, 15) is 30.6 Å². The third-order valence-electron chi connectivity index (χ3n) is 6.32. The fourth-order valence-corrected chi connectivity index (χ4v) is 4.10. The zero-order valence-electron chi connectivity index (χ0n) is 19.3. The quantitative estimate of drug-likeness (QED) is 0.308. The van der Waals surface area contributed by atoms with Crippen molar-refractivity contribution in [2.24, 2.45) is 0 Å². The van der Waals surface area contributed by atoms with E-state index >= 15 is 0 Å². The van der Waals surface area contributed by atoms with Gasteiger partial charge in [-0.05, 0) is 49.9 Å². The van der Waals surface area contributed by atoms with Crippen LogP contribution >= 0.6 is 0 Å². The van der Waals surface area contributed by atoms with E-state index in [1.54, 1.807) is 0 Å². The minimum Gasteiger partial charge on any atom is -0.394 e. The van der Waals surface area contributed by atoms with E-state index in [0.717, 1.165) is 33.9 Å². The van der Waals surface area contributed by atoms with Crippen molar-refractivity contribution in [3.63, 3.8) is 0 Å². The Morgan fingerprint density at radius 1 is 0.844 bits per heavy atom. The predicted molar refractivity (Wildman–Crippen MR) is 124 cm³/mol. The van der Waals surface area contributed by atoms with Crippen LogP contribution in [0.2, 0.25) is 0 Å². The molecule has 176 valence electrons. The summed E-state index contributed by atoms with van der Waals surface area (Å²) in [6.45, 7) is 10.3. The zero-order valence-corrected chi connectivity index (χ0v) is 19.3. The molecule has 2 aromatic carbocycles. The molecule has 0 saturated carbocycles. The third kappa shape index (κ3) is 5.46. The van der Waals surface area contributed by atoms with Gasteiger partial charge in [-0.25, -0.2) is 0 Å². The van der Waals surface area contributed by atoms with Crippen molar-refractivity contribution in [3.05, 3.63) is 82.4 Å². The van der Waals surface area contributed by atoms with Gasteiger partial charge in [0.2, 0.25) is 0 Å². The Kier molecular flexibility index (Phi) is 8.39. The van der Waals surface area contributed by atoms with Crippen molar-refractivity contribution >= 4 is 0 Å². The van der Waals surface area contributed by atoms with Gasteiger partial charge in [-0.1, -0.05) is 53.6 Å². The molecule has 0 aliphatic rings. The lowest BCUT2D eigenvalue weighted by molar-refractivity contribution is -0.218. The molecule has 6 nitrogen and oxygen atoms in total. The molecule has 0 radical (unpaired) electrons. The maximum Gasteiger partial charge on any atom is 0.126 e. The highest BCUT2D eigenvalue weighted by atomic mass is 16.4. The molecule has 0 aliphatic heterocycles. The highest BCUT2D eigenvalue weighted by Crippen LogP contribution is 2.34. The summed E-state index contributed by atoms with van der Waals surface area (Å²) < 4.78 is 0. The van der Waals surface area contributed by atoms with Crippen molar-refractivity contribution in [2.45, 2.75) is 70.1 Å². The van der Waals surface area contributed by atoms with Gasteiger partial charge in [0.15, 0.2) is 0 Å². The summed E-state index contributed by atoms with van der Waals surface area (Å²) in [5.41, 5.74) is 0.539. The second-order valence-electron chi connectivity index (χ2n) is 9.00.